The van der Waals surface area contributed by atoms with Crippen molar-refractivity contribution >= 4 is 0 Å². The molecule has 108 valence electrons. The van der Waals surface area contributed by atoms with Crippen LogP contribution >= 0.6 is 0 Å². The van der Waals surface area contributed by atoms with Gasteiger partial charge in [0.15, 0.2) is 0 Å². The molecule has 1 aliphatic rings. The summed E-state index contributed by atoms with van der Waals surface area (Å²) in [5.41, 5.74) is -0.647. The van der Waals surface area contributed by atoms with Crippen LogP contribution in [0.4, 0.5) is 0 Å². The van der Waals surface area contributed by atoms with Crippen molar-refractivity contribution in [1.82, 2.24) is 0 Å². The first-order valence-electron chi connectivity index (χ1n) is 6.91. The molecule has 3 heteroatoms. The van der Waals surface area contributed by atoms with Gasteiger partial charge in [0.2, 0.25) is 0 Å². The Labute approximate surface area is 112 Å². The first-order valence-corrected chi connectivity index (χ1v) is 6.91. The predicted octanol–water partition coefficient (Wildman–Crippen LogP) is 3.55. The van der Waals surface area contributed by atoms with E-state index in [9.17, 15) is 0 Å². The highest BCUT2D eigenvalue weighted by atomic mass is 16.6. The molecular weight excluding hydrogens is 228 g/mol. The van der Waals surface area contributed by atoms with Crippen molar-refractivity contribution in [2.75, 3.05) is 6.61 Å². The van der Waals surface area contributed by atoms with Gasteiger partial charge < -0.3 is 14.2 Å². The molecule has 1 aliphatic heterocycles. The van der Waals surface area contributed by atoms with Gasteiger partial charge in [-0.3, -0.25) is 0 Å². The Morgan fingerprint density at radius 1 is 1.11 bits per heavy atom. The van der Waals surface area contributed by atoms with Gasteiger partial charge in [0.05, 0.1) is 30.0 Å². The molecule has 1 saturated heterocycles. The van der Waals surface area contributed by atoms with Crippen molar-refractivity contribution in [1.29, 1.82) is 0 Å². The van der Waals surface area contributed by atoms with E-state index in [1.54, 1.807) is 0 Å². The van der Waals surface area contributed by atoms with Crippen LogP contribution in [0.25, 0.3) is 0 Å². The molecule has 3 nitrogen and oxygen atoms in total. The van der Waals surface area contributed by atoms with Gasteiger partial charge in [-0.15, -0.1) is 0 Å². The molecule has 0 spiro atoms. The Morgan fingerprint density at radius 3 is 2.11 bits per heavy atom. The number of hydrogen-bond acceptors (Lipinski definition) is 3. The summed E-state index contributed by atoms with van der Waals surface area (Å²) in [6.07, 6.45) is 1.25. The first kappa shape index (κ1) is 15.9. The molecule has 1 heterocycles. The summed E-state index contributed by atoms with van der Waals surface area (Å²) in [7, 11) is 0. The van der Waals surface area contributed by atoms with Crippen LogP contribution in [0.15, 0.2) is 0 Å². The Balaban J connectivity index is 2.70. The van der Waals surface area contributed by atoms with E-state index in [2.05, 4.69) is 55.4 Å². The van der Waals surface area contributed by atoms with Crippen LogP contribution in [0.1, 0.15) is 61.8 Å². The van der Waals surface area contributed by atoms with Gasteiger partial charge in [-0.2, -0.15) is 0 Å². The minimum absolute atomic E-state index is 0.0925. The van der Waals surface area contributed by atoms with Crippen molar-refractivity contribution in [3.63, 3.8) is 0 Å². The average molecular weight is 258 g/mol. The molecule has 0 radical (unpaired) electrons. The maximum atomic E-state index is 6.14. The molecule has 1 fully saturated rings. The molecule has 18 heavy (non-hydrogen) atoms. The highest BCUT2D eigenvalue weighted by Crippen LogP contribution is 2.36. The molecule has 0 aromatic rings. The van der Waals surface area contributed by atoms with E-state index in [0.717, 1.165) is 6.42 Å². The first-order chi connectivity index (χ1) is 7.91. The van der Waals surface area contributed by atoms with E-state index in [4.69, 9.17) is 14.2 Å². The fourth-order valence-corrected chi connectivity index (χ4v) is 2.22. The summed E-state index contributed by atoms with van der Waals surface area (Å²) in [6.45, 7) is 17.2. The predicted molar refractivity (Wildman–Crippen MR) is 73.9 cm³/mol. The monoisotopic (exact) mass is 258 g/mol. The third-order valence-corrected chi connectivity index (χ3v) is 2.99. The Kier molecular flexibility index (Phi) is 4.52. The summed E-state index contributed by atoms with van der Waals surface area (Å²) < 4.78 is 18.1. The molecule has 0 amide bonds. The zero-order valence-corrected chi connectivity index (χ0v) is 13.3. The molecule has 0 aromatic carbocycles. The van der Waals surface area contributed by atoms with E-state index < -0.39 is 0 Å². The van der Waals surface area contributed by atoms with Gasteiger partial charge in [-0.1, -0.05) is 0 Å². The van der Waals surface area contributed by atoms with E-state index in [1.807, 2.05) is 0 Å². The Bertz CT molecular complexity index is 274. The van der Waals surface area contributed by atoms with Crippen LogP contribution in [0.5, 0.6) is 0 Å². The lowest BCUT2D eigenvalue weighted by Crippen LogP contribution is -2.47. The lowest BCUT2D eigenvalue weighted by atomic mass is 9.98. The molecule has 0 saturated carbocycles. The fraction of sp³-hybridized carbons (Fsp3) is 1.00. The van der Waals surface area contributed by atoms with Gasteiger partial charge in [-0.05, 0) is 55.4 Å². The third kappa shape index (κ3) is 4.87. The summed E-state index contributed by atoms with van der Waals surface area (Å²) in [5.74, 6) is 0. The largest absolute Gasteiger partial charge is 0.373 e. The van der Waals surface area contributed by atoms with E-state index in [0.29, 0.717) is 6.61 Å². The van der Waals surface area contributed by atoms with Gasteiger partial charge in [0.1, 0.15) is 5.60 Å². The molecular formula is C15H30O3. The van der Waals surface area contributed by atoms with Crippen LogP contribution in [0, 0.1) is 0 Å². The standard InChI is InChI=1S/C15H30O3/c1-11-9-12(18-14(5,6)7)15(8,17-11)10-16-13(2,3)4/h11-12H,9-10H2,1-8H3/t11-,12+,15+/m0/s1. The van der Waals surface area contributed by atoms with Crippen LogP contribution < -0.4 is 0 Å². The maximum Gasteiger partial charge on any atom is 0.115 e. The summed E-state index contributed by atoms with van der Waals surface area (Å²) >= 11 is 0. The molecule has 0 unspecified atom stereocenters. The van der Waals surface area contributed by atoms with Gasteiger partial charge in [0.25, 0.3) is 0 Å². The smallest absolute Gasteiger partial charge is 0.115 e. The molecule has 1 rings (SSSR count). The van der Waals surface area contributed by atoms with Crippen molar-refractivity contribution in [2.45, 2.75) is 90.8 Å². The lowest BCUT2D eigenvalue weighted by Gasteiger charge is -2.36. The minimum Gasteiger partial charge on any atom is -0.373 e. The highest BCUT2D eigenvalue weighted by Gasteiger charge is 2.46. The van der Waals surface area contributed by atoms with Crippen molar-refractivity contribution in [3.8, 4) is 0 Å². The second kappa shape index (κ2) is 5.10. The molecule has 3 atom stereocenters. The fourth-order valence-electron chi connectivity index (χ4n) is 2.22. The SMILES string of the molecule is C[C@H]1C[C@@H](OC(C)(C)C)[C@@](C)(COC(C)(C)C)O1. The van der Waals surface area contributed by atoms with Crippen molar-refractivity contribution < 1.29 is 14.2 Å². The number of hydrogen-bond donors (Lipinski definition) is 0. The highest BCUT2D eigenvalue weighted by molar-refractivity contribution is 4.94. The second-order valence-electron chi connectivity index (χ2n) is 7.60. The Morgan fingerprint density at radius 2 is 1.67 bits per heavy atom. The van der Waals surface area contributed by atoms with Gasteiger partial charge in [0, 0.05) is 6.42 Å². The van der Waals surface area contributed by atoms with Gasteiger partial charge in [-0.25, -0.2) is 0 Å². The van der Waals surface area contributed by atoms with E-state index >= 15 is 0 Å². The average Bonchev–Trinajstić information content (AvgIpc) is 2.35. The van der Waals surface area contributed by atoms with Crippen molar-refractivity contribution in [3.05, 3.63) is 0 Å². The summed E-state index contributed by atoms with van der Waals surface area (Å²) in [5, 5.41) is 0. The summed E-state index contributed by atoms with van der Waals surface area (Å²) in [6, 6.07) is 0. The molecule has 0 N–H and O–H groups in total. The zero-order valence-electron chi connectivity index (χ0n) is 13.3. The molecule has 0 aromatic heterocycles. The normalized spacial score (nSPS) is 34.0. The van der Waals surface area contributed by atoms with Crippen LogP contribution in [-0.4, -0.2) is 35.6 Å². The zero-order chi connectivity index (χ0) is 14.2. The second-order valence-corrected chi connectivity index (χ2v) is 7.60. The van der Waals surface area contributed by atoms with Crippen LogP contribution in [0.2, 0.25) is 0 Å². The van der Waals surface area contributed by atoms with E-state index in [-0.39, 0.29) is 29.0 Å². The van der Waals surface area contributed by atoms with Crippen molar-refractivity contribution in [2.24, 2.45) is 0 Å². The molecule has 0 bridgehead atoms. The van der Waals surface area contributed by atoms with Gasteiger partial charge >= 0.3 is 0 Å². The van der Waals surface area contributed by atoms with Crippen LogP contribution in [0.3, 0.4) is 0 Å². The van der Waals surface area contributed by atoms with E-state index in [1.165, 1.54) is 0 Å². The molecule has 0 aliphatic carbocycles. The Hall–Kier alpha value is -0.120. The maximum absolute atomic E-state index is 6.14. The minimum atomic E-state index is -0.347. The lowest BCUT2D eigenvalue weighted by molar-refractivity contribution is -0.174. The topological polar surface area (TPSA) is 27.7 Å². The third-order valence-electron chi connectivity index (χ3n) is 2.99. The quantitative estimate of drug-likeness (QED) is 0.775. The number of rotatable bonds is 3. The van der Waals surface area contributed by atoms with Crippen LogP contribution in [-0.2, 0) is 14.2 Å². The summed E-state index contributed by atoms with van der Waals surface area (Å²) in [4.78, 5) is 0. The number of ether oxygens (including phenoxy) is 3.